The van der Waals surface area contributed by atoms with Crippen LogP contribution < -0.4 is 0 Å². The molecule has 0 bridgehead atoms. The first-order valence-electron chi connectivity index (χ1n) is 11.1. The number of morpholine rings is 1. The van der Waals surface area contributed by atoms with E-state index in [1.54, 1.807) is 6.07 Å². The lowest BCUT2D eigenvalue weighted by Gasteiger charge is -2.34. The van der Waals surface area contributed by atoms with Gasteiger partial charge in [0.1, 0.15) is 0 Å². The third-order valence-electron chi connectivity index (χ3n) is 6.83. The molecule has 0 spiro atoms. The van der Waals surface area contributed by atoms with Crippen molar-refractivity contribution in [3.63, 3.8) is 0 Å². The molecule has 0 atom stereocenters. The molecule has 0 unspecified atom stereocenters. The number of likely N-dealkylation sites (tertiary alicyclic amines) is 1. The Labute approximate surface area is 177 Å². The monoisotopic (exact) mass is 404 g/mol. The number of rotatable bonds is 4. The second-order valence-corrected chi connectivity index (χ2v) is 8.61. The average Bonchev–Trinajstić information content (AvgIpc) is 3.10. The molecule has 2 saturated heterocycles. The van der Waals surface area contributed by atoms with Crippen LogP contribution in [0.15, 0.2) is 42.5 Å². The standard InChI is InChI=1S/C25H28N2O3/c28-24-22-4-2-1-3-20(22)21-6-5-19(17-23(21)24)25(29)27-11-8-18(9-12-27)7-10-26-13-15-30-16-14-26/h1-6,17-18H,7-16H2. The molecule has 5 heteroatoms. The van der Waals surface area contributed by atoms with E-state index in [9.17, 15) is 9.59 Å². The molecule has 0 radical (unpaired) electrons. The number of ether oxygens (including phenoxy) is 1. The molecule has 2 aliphatic heterocycles. The minimum absolute atomic E-state index is 0.0251. The third kappa shape index (κ3) is 3.68. The molecule has 0 N–H and O–H groups in total. The zero-order chi connectivity index (χ0) is 20.5. The van der Waals surface area contributed by atoms with Gasteiger partial charge < -0.3 is 9.64 Å². The molecule has 30 heavy (non-hydrogen) atoms. The van der Waals surface area contributed by atoms with Crippen molar-refractivity contribution in [2.24, 2.45) is 5.92 Å². The van der Waals surface area contributed by atoms with Crippen LogP contribution in [0.1, 0.15) is 45.5 Å². The van der Waals surface area contributed by atoms with E-state index >= 15 is 0 Å². The summed E-state index contributed by atoms with van der Waals surface area (Å²) >= 11 is 0. The van der Waals surface area contributed by atoms with Gasteiger partial charge in [-0.05, 0) is 55.0 Å². The van der Waals surface area contributed by atoms with Gasteiger partial charge in [-0.3, -0.25) is 14.5 Å². The van der Waals surface area contributed by atoms with E-state index in [2.05, 4.69) is 4.90 Å². The zero-order valence-electron chi connectivity index (χ0n) is 17.3. The summed E-state index contributed by atoms with van der Waals surface area (Å²) in [5.74, 6) is 0.762. The van der Waals surface area contributed by atoms with E-state index in [1.165, 1.54) is 6.42 Å². The fourth-order valence-corrected chi connectivity index (χ4v) is 4.96. The number of amides is 1. The highest BCUT2D eigenvalue weighted by atomic mass is 16.5. The number of ketones is 1. The van der Waals surface area contributed by atoms with Crippen molar-refractivity contribution < 1.29 is 14.3 Å². The highest BCUT2D eigenvalue weighted by Gasteiger charge is 2.29. The van der Waals surface area contributed by atoms with Crippen molar-refractivity contribution >= 4 is 11.7 Å². The Morgan fingerprint density at radius 1 is 0.900 bits per heavy atom. The Hall–Kier alpha value is -2.50. The summed E-state index contributed by atoms with van der Waals surface area (Å²) in [6.45, 7) is 6.52. The smallest absolute Gasteiger partial charge is 0.253 e. The van der Waals surface area contributed by atoms with Crippen LogP contribution in [-0.4, -0.2) is 67.4 Å². The third-order valence-corrected chi connectivity index (χ3v) is 6.83. The van der Waals surface area contributed by atoms with E-state index in [0.717, 1.165) is 75.5 Å². The predicted octanol–water partition coefficient (Wildman–Crippen LogP) is 3.47. The number of hydrogen-bond acceptors (Lipinski definition) is 4. The minimum atomic E-state index is 0.0251. The molecule has 0 aromatic heterocycles. The lowest BCUT2D eigenvalue weighted by molar-refractivity contribution is 0.0332. The fourth-order valence-electron chi connectivity index (χ4n) is 4.96. The van der Waals surface area contributed by atoms with Gasteiger partial charge in [-0.25, -0.2) is 0 Å². The highest BCUT2D eigenvalue weighted by Crippen LogP contribution is 2.37. The minimum Gasteiger partial charge on any atom is -0.379 e. The molecular formula is C25H28N2O3. The van der Waals surface area contributed by atoms with Crippen LogP contribution >= 0.6 is 0 Å². The quantitative estimate of drug-likeness (QED) is 0.668. The van der Waals surface area contributed by atoms with Gasteiger partial charge in [-0.15, -0.1) is 0 Å². The first-order valence-corrected chi connectivity index (χ1v) is 11.1. The molecule has 2 aromatic carbocycles. The van der Waals surface area contributed by atoms with E-state index in [-0.39, 0.29) is 11.7 Å². The Kier molecular flexibility index (Phi) is 5.40. The second kappa shape index (κ2) is 8.32. The van der Waals surface area contributed by atoms with Crippen LogP contribution in [0.5, 0.6) is 0 Å². The average molecular weight is 405 g/mol. The summed E-state index contributed by atoms with van der Waals surface area (Å²) < 4.78 is 5.42. The van der Waals surface area contributed by atoms with Crippen LogP contribution in [-0.2, 0) is 4.74 Å². The molecule has 1 amide bonds. The summed E-state index contributed by atoms with van der Waals surface area (Å²) in [6.07, 6.45) is 3.32. The lowest BCUT2D eigenvalue weighted by Crippen LogP contribution is -2.40. The van der Waals surface area contributed by atoms with Crippen LogP contribution in [0.4, 0.5) is 0 Å². The molecule has 5 rings (SSSR count). The van der Waals surface area contributed by atoms with Crippen molar-refractivity contribution in [1.82, 2.24) is 9.80 Å². The maximum Gasteiger partial charge on any atom is 0.253 e. The van der Waals surface area contributed by atoms with Crippen molar-refractivity contribution in [2.45, 2.75) is 19.3 Å². The summed E-state index contributed by atoms with van der Waals surface area (Å²) in [6, 6.07) is 13.3. The Morgan fingerprint density at radius 3 is 2.37 bits per heavy atom. The molecule has 2 aromatic rings. The van der Waals surface area contributed by atoms with E-state index in [0.29, 0.717) is 17.0 Å². The Bertz CT molecular complexity index is 957. The number of hydrogen-bond donors (Lipinski definition) is 0. The number of carbonyl (C=O) groups is 2. The van der Waals surface area contributed by atoms with Gasteiger partial charge in [0.25, 0.3) is 5.91 Å². The van der Waals surface area contributed by atoms with Gasteiger partial charge in [0.15, 0.2) is 5.78 Å². The molecular weight excluding hydrogens is 376 g/mol. The number of nitrogens with zero attached hydrogens (tertiary/aromatic N) is 2. The molecule has 5 nitrogen and oxygen atoms in total. The van der Waals surface area contributed by atoms with Crippen molar-refractivity contribution in [1.29, 1.82) is 0 Å². The molecule has 1 aliphatic carbocycles. The van der Waals surface area contributed by atoms with E-state index < -0.39 is 0 Å². The molecule has 2 fully saturated rings. The number of carbonyl (C=O) groups excluding carboxylic acids is 2. The van der Waals surface area contributed by atoms with Crippen molar-refractivity contribution in [3.8, 4) is 11.1 Å². The molecule has 0 saturated carbocycles. The van der Waals surface area contributed by atoms with Gasteiger partial charge in [0.05, 0.1) is 13.2 Å². The summed E-state index contributed by atoms with van der Waals surface area (Å²) in [5, 5.41) is 0. The van der Waals surface area contributed by atoms with Crippen LogP contribution in [0.2, 0.25) is 0 Å². The highest BCUT2D eigenvalue weighted by molar-refractivity contribution is 6.22. The Morgan fingerprint density at radius 2 is 1.60 bits per heavy atom. The summed E-state index contributed by atoms with van der Waals surface area (Å²) in [5.41, 5.74) is 3.92. The van der Waals surface area contributed by atoms with Gasteiger partial charge in [0.2, 0.25) is 0 Å². The maximum absolute atomic E-state index is 13.1. The maximum atomic E-state index is 13.1. The molecule has 3 aliphatic rings. The lowest BCUT2D eigenvalue weighted by atomic mass is 9.92. The van der Waals surface area contributed by atoms with Crippen LogP contribution in [0.3, 0.4) is 0 Å². The van der Waals surface area contributed by atoms with Crippen LogP contribution in [0, 0.1) is 5.92 Å². The first kappa shape index (κ1) is 19.5. The number of benzene rings is 2. The van der Waals surface area contributed by atoms with E-state index in [4.69, 9.17) is 4.74 Å². The van der Waals surface area contributed by atoms with Crippen molar-refractivity contribution in [2.75, 3.05) is 45.9 Å². The topological polar surface area (TPSA) is 49.9 Å². The summed E-state index contributed by atoms with van der Waals surface area (Å²) in [7, 11) is 0. The number of piperidine rings is 1. The largest absolute Gasteiger partial charge is 0.379 e. The van der Waals surface area contributed by atoms with E-state index in [1.807, 2.05) is 41.3 Å². The van der Waals surface area contributed by atoms with Gasteiger partial charge >= 0.3 is 0 Å². The van der Waals surface area contributed by atoms with Gasteiger partial charge in [0, 0.05) is 42.9 Å². The molecule has 2 heterocycles. The second-order valence-electron chi connectivity index (χ2n) is 8.61. The summed E-state index contributed by atoms with van der Waals surface area (Å²) in [4.78, 5) is 30.3. The predicted molar refractivity (Wildman–Crippen MR) is 116 cm³/mol. The van der Waals surface area contributed by atoms with Gasteiger partial charge in [-0.2, -0.15) is 0 Å². The normalized spacial score (nSPS) is 19.6. The SMILES string of the molecule is O=C1c2ccccc2-c2ccc(C(=O)N3CCC(CCN4CCOCC4)CC3)cc21. The van der Waals surface area contributed by atoms with Crippen molar-refractivity contribution in [3.05, 3.63) is 59.2 Å². The molecule has 156 valence electrons. The fraction of sp³-hybridized carbons (Fsp3) is 0.440. The Balaban J connectivity index is 1.20. The first-order chi connectivity index (χ1) is 14.7. The van der Waals surface area contributed by atoms with Crippen LogP contribution in [0.25, 0.3) is 11.1 Å². The zero-order valence-corrected chi connectivity index (χ0v) is 17.3. The number of fused-ring (bicyclic) bond motifs is 3. The van der Waals surface area contributed by atoms with Gasteiger partial charge in [-0.1, -0.05) is 30.3 Å².